The molecule has 2 heterocycles. The lowest BCUT2D eigenvalue weighted by Gasteiger charge is -2.37. The molecule has 2 aliphatic rings. The number of thiophene rings is 1. The van der Waals surface area contributed by atoms with Crippen molar-refractivity contribution in [2.45, 2.75) is 21.1 Å². The molecule has 1 aliphatic heterocycles. The van der Waals surface area contributed by atoms with Crippen molar-refractivity contribution < 1.29 is 10.2 Å². The summed E-state index contributed by atoms with van der Waals surface area (Å²) in [5.74, 6) is 0.565. The molecule has 6 aromatic carbocycles. The fraction of sp³-hybridized carbons (Fsp3) is 0.0270. The monoisotopic (exact) mass is 564 g/mol. The van der Waals surface area contributed by atoms with Crippen LogP contribution in [-0.4, -0.2) is 10.2 Å². The molecule has 0 amide bonds. The van der Waals surface area contributed by atoms with Crippen molar-refractivity contribution in [3.63, 3.8) is 0 Å². The Labute approximate surface area is 242 Å². The number of aromatic hydroxyl groups is 2. The molecule has 9 rings (SSSR count). The highest BCUT2D eigenvalue weighted by Crippen LogP contribution is 2.74. The Morgan fingerprint density at radius 1 is 0.561 bits per heavy atom. The van der Waals surface area contributed by atoms with Gasteiger partial charge in [0.15, 0.2) is 0 Å². The lowest BCUT2D eigenvalue weighted by atomic mass is 9.98. The Balaban J connectivity index is 1.35. The molecule has 0 radical (unpaired) electrons. The van der Waals surface area contributed by atoms with Crippen LogP contribution in [0.1, 0.15) is 16.7 Å². The summed E-state index contributed by atoms with van der Waals surface area (Å²) >= 11 is 1.84. The van der Waals surface area contributed by atoms with E-state index in [1.165, 1.54) is 52.6 Å². The topological polar surface area (TPSA) is 40.5 Å². The summed E-state index contributed by atoms with van der Waals surface area (Å²) in [6.07, 6.45) is 3.36. The zero-order valence-corrected chi connectivity index (χ0v) is 23.6. The Kier molecular flexibility index (Phi) is 4.68. The van der Waals surface area contributed by atoms with E-state index in [2.05, 4.69) is 83.6 Å². The van der Waals surface area contributed by atoms with Crippen molar-refractivity contribution in [1.29, 1.82) is 0 Å². The molecule has 4 heteroatoms. The normalized spacial score (nSPS) is 15.3. The van der Waals surface area contributed by atoms with E-state index in [-0.39, 0.29) is 11.5 Å². The molecule has 0 spiro atoms. The summed E-state index contributed by atoms with van der Waals surface area (Å²) in [7, 11) is -1.75. The van der Waals surface area contributed by atoms with Gasteiger partial charge in [0.1, 0.15) is 11.5 Å². The van der Waals surface area contributed by atoms with Gasteiger partial charge < -0.3 is 10.2 Å². The van der Waals surface area contributed by atoms with Gasteiger partial charge in [0.25, 0.3) is 0 Å². The number of hydrogen-bond acceptors (Lipinski definition) is 3. The van der Waals surface area contributed by atoms with Crippen molar-refractivity contribution >= 4 is 59.1 Å². The minimum Gasteiger partial charge on any atom is -0.508 e. The van der Waals surface area contributed by atoms with Gasteiger partial charge in [-0.1, -0.05) is 42.5 Å². The Morgan fingerprint density at radius 2 is 1.15 bits per heavy atom. The van der Waals surface area contributed by atoms with Gasteiger partial charge in [0, 0.05) is 24.9 Å². The van der Waals surface area contributed by atoms with Crippen molar-refractivity contribution in [1.82, 2.24) is 0 Å². The van der Waals surface area contributed by atoms with Gasteiger partial charge in [-0.3, -0.25) is 0 Å². The summed E-state index contributed by atoms with van der Waals surface area (Å²) in [6.45, 7) is 0. The maximum atomic E-state index is 10.1. The summed E-state index contributed by atoms with van der Waals surface area (Å²) in [5.41, 5.74) is 6.97. The van der Waals surface area contributed by atoms with Crippen LogP contribution in [0.2, 0.25) is 0 Å². The lowest BCUT2D eigenvalue weighted by Crippen LogP contribution is -2.00. The van der Waals surface area contributed by atoms with E-state index in [1.807, 2.05) is 35.6 Å². The molecule has 2 N–H and O–H groups in total. The summed E-state index contributed by atoms with van der Waals surface area (Å²) in [5, 5.41) is 30.5. The molecule has 41 heavy (non-hydrogen) atoms. The van der Waals surface area contributed by atoms with Gasteiger partial charge in [-0.15, -0.1) is 21.4 Å². The Hall–Kier alpha value is -4.51. The first kappa shape index (κ1) is 23.2. The van der Waals surface area contributed by atoms with E-state index < -0.39 is 10.0 Å². The summed E-state index contributed by atoms with van der Waals surface area (Å²) in [6, 6.07) is 36.2. The third-order valence-electron chi connectivity index (χ3n) is 8.75. The molecular weight excluding hydrogens is 541 g/mol. The van der Waals surface area contributed by atoms with E-state index in [4.69, 9.17) is 0 Å². The van der Waals surface area contributed by atoms with Crippen LogP contribution in [0.5, 0.6) is 11.5 Å². The minimum absolute atomic E-state index is 0.283. The van der Waals surface area contributed by atoms with Crippen LogP contribution in [-0.2, 0) is 6.42 Å². The van der Waals surface area contributed by atoms with Gasteiger partial charge >= 0.3 is 0 Å². The van der Waals surface area contributed by atoms with E-state index in [1.54, 1.807) is 12.1 Å². The van der Waals surface area contributed by atoms with Crippen molar-refractivity contribution in [2.24, 2.45) is 0 Å². The summed E-state index contributed by atoms with van der Waals surface area (Å²) in [4.78, 5) is 3.92. The molecule has 0 bridgehead atoms. The standard InChI is InChI=1S/C37H24O2S2/c38-29-8-3-25-20-31(10-5-23(25)18-29)41(32-11-6-24-19-30(39)9-4-26(24)21-32)16-14-33-34(41)12-7-27-17-28-2-1-22-13-15-40-37(22)36(28)35(27)33/h1-16,18-21,38-39H,17H2. The second-order valence-corrected chi connectivity index (χ2v) is 14.9. The molecular formula is C37H24O2S2. The molecule has 0 saturated carbocycles. The van der Waals surface area contributed by atoms with Crippen LogP contribution in [0.15, 0.2) is 129 Å². The molecule has 0 fully saturated rings. The fourth-order valence-electron chi connectivity index (χ4n) is 6.85. The zero-order valence-electron chi connectivity index (χ0n) is 22.0. The lowest BCUT2D eigenvalue weighted by molar-refractivity contribution is 0.475. The molecule has 7 aromatic rings. The third kappa shape index (κ3) is 3.20. The molecule has 0 atom stereocenters. The number of phenolic OH excluding ortho intramolecular Hbond substituents is 2. The largest absolute Gasteiger partial charge is 0.508 e. The Morgan fingerprint density at radius 3 is 1.85 bits per heavy atom. The van der Waals surface area contributed by atoms with Gasteiger partial charge in [0.2, 0.25) is 0 Å². The second-order valence-electron chi connectivity index (χ2n) is 11.0. The third-order valence-corrected chi connectivity index (χ3v) is 13.3. The first-order chi connectivity index (χ1) is 20.1. The number of fused-ring (bicyclic) bond motifs is 9. The zero-order chi connectivity index (χ0) is 27.3. The van der Waals surface area contributed by atoms with Crippen LogP contribution >= 0.6 is 21.4 Å². The van der Waals surface area contributed by atoms with Crippen molar-refractivity contribution in [3.8, 4) is 22.6 Å². The van der Waals surface area contributed by atoms with Crippen LogP contribution in [0.3, 0.4) is 0 Å². The van der Waals surface area contributed by atoms with Gasteiger partial charge in [-0.2, -0.15) is 0 Å². The number of phenols is 2. The van der Waals surface area contributed by atoms with Crippen LogP contribution < -0.4 is 0 Å². The molecule has 196 valence electrons. The second kappa shape index (κ2) is 8.26. The average Bonchev–Trinajstić information content (AvgIpc) is 3.71. The van der Waals surface area contributed by atoms with Gasteiger partial charge in [0.05, 0.1) is 0 Å². The van der Waals surface area contributed by atoms with Crippen molar-refractivity contribution in [2.75, 3.05) is 0 Å². The maximum Gasteiger partial charge on any atom is 0.116 e. The highest BCUT2D eigenvalue weighted by molar-refractivity contribution is 8.36. The van der Waals surface area contributed by atoms with E-state index in [0.29, 0.717) is 0 Å². The highest BCUT2D eigenvalue weighted by atomic mass is 32.3. The van der Waals surface area contributed by atoms with Crippen molar-refractivity contribution in [3.05, 3.63) is 131 Å². The molecule has 0 saturated heterocycles. The molecule has 0 unspecified atom stereocenters. The maximum absolute atomic E-state index is 10.1. The predicted octanol–water partition coefficient (Wildman–Crippen LogP) is 10.5. The fourth-order valence-corrected chi connectivity index (χ4v) is 11.4. The number of benzene rings is 6. The highest BCUT2D eigenvalue weighted by Gasteiger charge is 2.37. The van der Waals surface area contributed by atoms with Gasteiger partial charge in [-0.05, 0) is 133 Å². The van der Waals surface area contributed by atoms with E-state index in [9.17, 15) is 10.2 Å². The molecule has 1 aromatic heterocycles. The average molecular weight is 565 g/mol. The molecule has 2 nitrogen and oxygen atoms in total. The van der Waals surface area contributed by atoms with Crippen LogP contribution in [0.4, 0.5) is 0 Å². The minimum atomic E-state index is -1.75. The SMILES string of the molecule is Oc1ccc2cc(S3(c4ccc5cc(O)ccc5c4)C=Cc4c3ccc3c4-c4c(ccc5ccsc45)C3)ccc2c1. The predicted molar refractivity (Wildman–Crippen MR) is 173 cm³/mol. The first-order valence-electron chi connectivity index (χ1n) is 13.7. The van der Waals surface area contributed by atoms with E-state index >= 15 is 0 Å². The quantitative estimate of drug-likeness (QED) is 0.219. The first-order valence-corrected chi connectivity index (χ1v) is 16.3. The Bertz CT molecular complexity index is 2190. The molecule has 1 aliphatic carbocycles. The summed E-state index contributed by atoms with van der Waals surface area (Å²) < 4.78 is 1.38. The smallest absolute Gasteiger partial charge is 0.116 e. The van der Waals surface area contributed by atoms with Crippen LogP contribution in [0.25, 0.3) is 48.8 Å². The van der Waals surface area contributed by atoms with E-state index in [0.717, 1.165) is 28.0 Å². The van der Waals surface area contributed by atoms with Gasteiger partial charge in [-0.25, -0.2) is 0 Å². The van der Waals surface area contributed by atoms with Crippen LogP contribution in [0, 0.1) is 0 Å². The number of hydrogen-bond donors (Lipinski definition) is 2. The number of rotatable bonds is 2.